The number of terminal acetylenes is 1. The number of hydrogen-bond acceptors (Lipinski definition) is 8. The summed E-state index contributed by atoms with van der Waals surface area (Å²) >= 11 is 0. The molecule has 2 aliphatic rings. The minimum absolute atomic E-state index is 0.0119. The third kappa shape index (κ3) is 6.17. The van der Waals surface area contributed by atoms with E-state index in [4.69, 9.17) is 6.42 Å². The van der Waals surface area contributed by atoms with Crippen molar-refractivity contribution >= 4 is 46.3 Å². The number of anilines is 6. The van der Waals surface area contributed by atoms with Gasteiger partial charge in [-0.25, -0.2) is 4.98 Å². The number of nitrogens with one attached hydrogen (secondary N) is 4. The number of piperazine rings is 1. The summed E-state index contributed by atoms with van der Waals surface area (Å²) in [5.41, 5.74) is 0.663. The largest absolute Gasteiger partial charge is 0.421 e. The van der Waals surface area contributed by atoms with Crippen molar-refractivity contribution in [1.29, 1.82) is 0 Å². The molecule has 1 aromatic heterocycles. The lowest BCUT2D eigenvalue weighted by Gasteiger charge is -2.35. The zero-order valence-electron chi connectivity index (χ0n) is 22.0. The number of nitrogens with zero attached hydrogens (tertiary/aromatic N) is 4. The normalized spacial score (nSPS) is 17.5. The number of fused-ring (bicyclic) bond motifs is 1. The second-order valence-corrected chi connectivity index (χ2v) is 9.63. The Labute approximate surface area is 234 Å². The van der Waals surface area contributed by atoms with Crippen molar-refractivity contribution < 1.29 is 22.8 Å². The molecule has 1 fully saturated rings. The maximum atomic E-state index is 13.9. The fourth-order valence-electron chi connectivity index (χ4n) is 4.63. The molecule has 2 aromatic carbocycles. The smallest absolute Gasteiger partial charge is 0.369 e. The third-order valence-electron chi connectivity index (χ3n) is 6.81. The highest BCUT2D eigenvalue weighted by atomic mass is 19.4. The number of aromatic nitrogens is 2. The van der Waals surface area contributed by atoms with Gasteiger partial charge < -0.3 is 26.2 Å². The molecule has 1 atom stereocenters. The lowest BCUT2D eigenvalue weighted by molar-refractivity contribution is -0.137. The van der Waals surface area contributed by atoms with Gasteiger partial charge in [-0.1, -0.05) is 12.0 Å². The molecule has 1 saturated heterocycles. The molecule has 41 heavy (non-hydrogen) atoms. The van der Waals surface area contributed by atoms with E-state index in [9.17, 15) is 22.8 Å². The number of benzene rings is 2. The fourth-order valence-corrected chi connectivity index (χ4v) is 4.63. The highest BCUT2D eigenvalue weighted by molar-refractivity contribution is 6.13. The predicted molar refractivity (Wildman–Crippen MR) is 150 cm³/mol. The van der Waals surface area contributed by atoms with E-state index in [1.165, 1.54) is 25.1 Å². The summed E-state index contributed by atoms with van der Waals surface area (Å²) in [6.45, 7) is 5.50. The second-order valence-electron chi connectivity index (χ2n) is 9.63. The van der Waals surface area contributed by atoms with Crippen LogP contribution >= 0.6 is 0 Å². The van der Waals surface area contributed by atoms with E-state index >= 15 is 0 Å². The van der Waals surface area contributed by atoms with Gasteiger partial charge in [-0.05, 0) is 43.3 Å². The maximum Gasteiger partial charge on any atom is 0.421 e. The first kappa shape index (κ1) is 27.7. The molecular formula is C28H27F3N8O2. The Hall–Kier alpha value is -4.83. The van der Waals surface area contributed by atoms with Gasteiger partial charge in [-0.2, -0.15) is 18.2 Å². The molecule has 0 radical (unpaired) electrons. The van der Waals surface area contributed by atoms with Crippen molar-refractivity contribution in [3.8, 4) is 12.3 Å². The van der Waals surface area contributed by atoms with Gasteiger partial charge in [0.25, 0.3) is 5.91 Å². The van der Waals surface area contributed by atoms with Gasteiger partial charge in [0.2, 0.25) is 11.9 Å². The predicted octanol–water partition coefficient (Wildman–Crippen LogP) is 3.81. The summed E-state index contributed by atoms with van der Waals surface area (Å²) < 4.78 is 41.7. The fraction of sp³-hybridized carbons (Fsp3) is 0.286. The monoisotopic (exact) mass is 564 g/mol. The third-order valence-corrected chi connectivity index (χ3v) is 6.81. The van der Waals surface area contributed by atoms with Crippen LogP contribution in [0.1, 0.15) is 22.8 Å². The van der Waals surface area contributed by atoms with Crippen molar-refractivity contribution in [1.82, 2.24) is 20.2 Å². The van der Waals surface area contributed by atoms with Gasteiger partial charge in [0, 0.05) is 43.8 Å². The Morgan fingerprint density at radius 2 is 1.80 bits per heavy atom. The summed E-state index contributed by atoms with van der Waals surface area (Å²) in [7, 11) is 0. The molecule has 2 amide bonds. The standard InChI is InChI=1S/C28H27F3N8O2/c1-3-11-38-12-14-39(15-13-38)19-9-7-18(8-10-19)34-27-32-16-20(28(29,30)31)24(37-27)35-21-5-4-6-22-23(21)26(41)33-17(2)25(40)36-22/h1,4-10,16-17H,11-15H2,2H3,(H,33,41)(H,36,40)(H2,32,34,35,37)/t17-/m0/s1. The second kappa shape index (κ2) is 11.3. The van der Waals surface area contributed by atoms with Crippen LogP contribution in [0, 0.1) is 12.3 Å². The molecule has 0 unspecified atom stereocenters. The number of rotatable bonds is 6. The Bertz CT molecular complexity index is 1500. The molecule has 5 rings (SSSR count). The lowest BCUT2D eigenvalue weighted by atomic mass is 10.1. The van der Waals surface area contributed by atoms with E-state index in [0.29, 0.717) is 18.4 Å². The first-order valence-electron chi connectivity index (χ1n) is 12.9. The van der Waals surface area contributed by atoms with Gasteiger partial charge in [0.05, 0.1) is 23.5 Å². The number of halogens is 3. The molecule has 0 bridgehead atoms. The minimum atomic E-state index is -4.77. The quantitative estimate of drug-likeness (QED) is 0.335. The van der Waals surface area contributed by atoms with E-state index < -0.39 is 35.4 Å². The van der Waals surface area contributed by atoms with Crippen LogP contribution in [0.5, 0.6) is 0 Å². The first-order chi connectivity index (χ1) is 19.6. The maximum absolute atomic E-state index is 13.9. The number of carbonyl (C=O) groups is 2. The lowest BCUT2D eigenvalue weighted by Crippen LogP contribution is -2.46. The van der Waals surface area contributed by atoms with Crippen molar-refractivity contribution in [2.75, 3.05) is 53.6 Å². The van der Waals surface area contributed by atoms with Crippen LogP contribution in [0.2, 0.25) is 0 Å². The Morgan fingerprint density at radius 3 is 2.49 bits per heavy atom. The molecule has 3 aromatic rings. The average molecular weight is 565 g/mol. The SMILES string of the molecule is C#CCN1CCN(c2ccc(Nc3ncc(C(F)(F)F)c(Nc4cccc5c4C(=O)N[C@@H](C)C(=O)N5)n3)cc2)CC1. The van der Waals surface area contributed by atoms with E-state index in [-0.39, 0.29) is 22.9 Å². The van der Waals surface area contributed by atoms with Crippen molar-refractivity contribution in [2.45, 2.75) is 19.1 Å². The van der Waals surface area contributed by atoms with Crippen LogP contribution in [0.15, 0.2) is 48.7 Å². The van der Waals surface area contributed by atoms with E-state index in [2.05, 4.69) is 47.0 Å². The molecular weight excluding hydrogens is 537 g/mol. The summed E-state index contributed by atoms with van der Waals surface area (Å²) in [5.74, 6) is 0.961. The molecule has 2 aliphatic heterocycles. The molecule has 0 aliphatic carbocycles. The molecule has 0 spiro atoms. The molecule has 212 valence electrons. The van der Waals surface area contributed by atoms with Gasteiger partial charge in [-0.15, -0.1) is 6.42 Å². The van der Waals surface area contributed by atoms with Crippen molar-refractivity contribution in [2.24, 2.45) is 0 Å². The summed E-state index contributed by atoms with van der Waals surface area (Å²) in [6.07, 6.45) is 1.30. The Morgan fingerprint density at radius 1 is 1.07 bits per heavy atom. The van der Waals surface area contributed by atoms with E-state index in [1.807, 2.05) is 12.1 Å². The minimum Gasteiger partial charge on any atom is -0.369 e. The average Bonchev–Trinajstić information content (AvgIpc) is 3.04. The van der Waals surface area contributed by atoms with E-state index in [1.54, 1.807) is 12.1 Å². The van der Waals surface area contributed by atoms with Crippen LogP contribution in [-0.4, -0.2) is 65.4 Å². The summed E-state index contributed by atoms with van der Waals surface area (Å²) in [4.78, 5) is 37.4. The van der Waals surface area contributed by atoms with Crippen LogP contribution in [0.3, 0.4) is 0 Å². The first-order valence-corrected chi connectivity index (χ1v) is 12.9. The van der Waals surface area contributed by atoms with Gasteiger partial charge in [0.15, 0.2) is 0 Å². The number of alkyl halides is 3. The van der Waals surface area contributed by atoms with Crippen LogP contribution in [0.4, 0.5) is 47.7 Å². The van der Waals surface area contributed by atoms with Gasteiger partial charge in [-0.3, -0.25) is 14.5 Å². The summed E-state index contributed by atoms with van der Waals surface area (Å²) in [5, 5.41) is 10.7. The molecule has 13 heteroatoms. The van der Waals surface area contributed by atoms with Crippen molar-refractivity contribution in [3.05, 3.63) is 59.8 Å². The zero-order chi connectivity index (χ0) is 29.1. The molecule has 0 saturated carbocycles. The summed E-state index contributed by atoms with van der Waals surface area (Å²) in [6, 6.07) is 11.0. The van der Waals surface area contributed by atoms with Crippen LogP contribution in [0.25, 0.3) is 0 Å². The number of amides is 2. The Balaban J connectivity index is 1.38. The van der Waals surface area contributed by atoms with Crippen molar-refractivity contribution in [3.63, 3.8) is 0 Å². The Kier molecular flexibility index (Phi) is 7.67. The molecule has 3 heterocycles. The number of carbonyl (C=O) groups excluding carboxylic acids is 2. The highest BCUT2D eigenvalue weighted by Crippen LogP contribution is 2.37. The van der Waals surface area contributed by atoms with Gasteiger partial charge in [0.1, 0.15) is 17.4 Å². The molecule has 10 nitrogen and oxygen atoms in total. The molecule has 4 N–H and O–H groups in total. The number of hydrogen-bond donors (Lipinski definition) is 4. The zero-order valence-corrected chi connectivity index (χ0v) is 22.0. The topological polar surface area (TPSA) is 115 Å². The van der Waals surface area contributed by atoms with Crippen LogP contribution in [-0.2, 0) is 11.0 Å². The van der Waals surface area contributed by atoms with Crippen LogP contribution < -0.4 is 26.2 Å². The van der Waals surface area contributed by atoms with Gasteiger partial charge >= 0.3 is 6.18 Å². The highest BCUT2D eigenvalue weighted by Gasteiger charge is 2.36. The van der Waals surface area contributed by atoms with E-state index in [0.717, 1.165) is 31.9 Å².